The molecular weight excluding hydrogens is 514 g/mol. The maximum absolute atomic E-state index is 14.1. The highest BCUT2D eigenvalue weighted by atomic mass is 32.2. The highest BCUT2D eigenvalue weighted by Crippen LogP contribution is 2.29. The average molecular weight is 546 g/mol. The van der Waals surface area contributed by atoms with Gasteiger partial charge in [-0.05, 0) is 43.2 Å². The largest absolute Gasteiger partial charge is 0.468 e. The lowest BCUT2D eigenvalue weighted by atomic mass is 10.1. The third-order valence-electron chi connectivity index (χ3n) is 5.80. The van der Waals surface area contributed by atoms with Crippen LogP contribution in [0.15, 0.2) is 71.6 Å². The number of rotatable bonds is 10. The third kappa shape index (κ3) is 7.27. The Bertz CT molecular complexity index is 1260. The van der Waals surface area contributed by atoms with Gasteiger partial charge in [0.15, 0.2) is 0 Å². The van der Waals surface area contributed by atoms with Gasteiger partial charge < -0.3 is 18.9 Å². The summed E-state index contributed by atoms with van der Waals surface area (Å²) in [6.07, 6.45) is -0.459. The quantitative estimate of drug-likeness (QED) is 0.252. The molecule has 0 aliphatic carbocycles. The minimum Gasteiger partial charge on any atom is -0.468 e. The molecule has 10 nitrogen and oxygen atoms in total. The summed E-state index contributed by atoms with van der Waals surface area (Å²) >= 11 is 0. The van der Waals surface area contributed by atoms with Gasteiger partial charge in [-0.15, -0.1) is 0 Å². The molecule has 4 atom stereocenters. The standard InChI is InChI=1S/C27H31NO9S/c1-18-10-12-22(13-11-18)38(32,33)28(23(27(31)34-4)16-21-8-6-5-7-9-21)26-15-14-24(36-20(3)30)25(37-26)17-35-19(2)29/h5-15,23-26H,16-17H2,1-4H3/t23?,24-,25+,26-/m0/s1. The van der Waals surface area contributed by atoms with E-state index in [1.807, 2.05) is 6.92 Å². The van der Waals surface area contributed by atoms with E-state index >= 15 is 0 Å². The van der Waals surface area contributed by atoms with Gasteiger partial charge >= 0.3 is 17.9 Å². The summed E-state index contributed by atoms with van der Waals surface area (Å²) < 4.78 is 50.5. The van der Waals surface area contributed by atoms with Crippen molar-refractivity contribution in [3.8, 4) is 0 Å². The van der Waals surface area contributed by atoms with E-state index in [1.54, 1.807) is 42.5 Å². The number of carbonyl (C=O) groups is 3. The van der Waals surface area contributed by atoms with Crippen LogP contribution in [0.5, 0.6) is 0 Å². The van der Waals surface area contributed by atoms with Gasteiger partial charge in [-0.2, -0.15) is 4.31 Å². The molecule has 2 aromatic rings. The maximum Gasteiger partial charge on any atom is 0.324 e. The minimum atomic E-state index is -4.35. The smallest absolute Gasteiger partial charge is 0.324 e. The zero-order chi connectivity index (χ0) is 27.9. The number of aryl methyl sites for hydroxylation is 1. The van der Waals surface area contributed by atoms with E-state index in [9.17, 15) is 22.8 Å². The zero-order valence-electron chi connectivity index (χ0n) is 21.6. The van der Waals surface area contributed by atoms with Crippen LogP contribution in [-0.2, 0) is 49.8 Å². The molecule has 0 fully saturated rings. The number of hydrogen-bond donors (Lipinski definition) is 0. The zero-order valence-corrected chi connectivity index (χ0v) is 22.4. The third-order valence-corrected chi connectivity index (χ3v) is 7.68. The van der Waals surface area contributed by atoms with Gasteiger partial charge in [0.2, 0.25) is 10.0 Å². The minimum absolute atomic E-state index is 0.00566. The fourth-order valence-electron chi connectivity index (χ4n) is 3.98. The molecule has 38 heavy (non-hydrogen) atoms. The average Bonchev–Trinajstić information content (AvgIpc) is 2.88. The topological polar surface area (TPSA) is 126 Å². The van der Waals surface area contributed by atoms with Crippen LogP contribution in [0.2, 0.25) is 0 Å². The van der Waals surface area contributed by atoms with Crippen LogP contribution < -0.4 is 0 Å². The van der Waals surface area contributed by atoms with Gasteiger partial charge in [0.25, 0.3) is 0 Å². The van der Waals surface area contributed by atoms with Crippen LogP contribution in [0, 0.1) is 6.92 Å². The van der Waals surface area contributed by atoms with Crippen LogP contribution in [0.4, 0.5) is 0 Å². The number of sulfonamides is 1. The van der Waals surface area contributed by atoms with Crippen LogP contribution in [0.1, 0.15) is 25.0 Å². The number of hydrogen-bond acceptors (Lipinski definition) is 9. The molecule has 11 heteroatoms. The molecular formula is C27H31NO9S. The summed E-state index contributed by atoms with van der Waals surface area (Å²) in [5.74, 6) is -1.99. The summed E-state index contributed by atoms with van der Waals surface area (Å²) in [5.41, 5.74) is 1.55. The van der Waals surface area contributed by atoms with Crippen molar-refractivity contribution in [2.24, 2.45) is 0 Å². The molecule has 0 N–H and O–H groups in total. The molecule has 0 bridgehead atoms. The Labute approximate surface area is 222 Å². The van der Waals surface area contributed by atoms with E-state index < -0.39 is 52.4 Å². The second-order valence-electron chi connectivity index (χ2n) is 8.70. The van der Waals surface area contributed by atoms with Crippen LogP contribution >= 0.6 is 0 Å². The predicted molar refractivity (Wildman–Crippen MR) is 136 cm³/mol. The van der Waals surface area contributed by atoms with Crippen LogP contribution in [0.3, 0.4) is 0 Å². The van der Waals surface area contributed by atoms with Crippen molar-refractivity contribution < 1.29 is 41.7 Å². The van der Waals surface area contributed by atoms with E-state index in [0.29, 0.717) is 5.56 Å². The molecule has 0 spiro atoms. The van der Waals surface area contributed by atoms with Crippen molar-refractivity contribution in [1.29, 1.82) is 0 Å². The fourth-order valence-corrected chi connectivity index (χ4v) is 5.59. The Balaban J connectivity index is 2.11. The van der Waals surface area contributed by atoms with E-state index in [1.165, 1.54) is 45.2 Å². The maximum atomic E-state index is 14.1. The fraction of sp³-hybridized carbons (Fsp3) is 0.370. The van der Waals surface area contributed by atoms with Crippen molar-refractivity contribution in [1.82, 2.24) is 4.31 Å². The van der Waals surface area contributed by atoms with Gasteiger partial charge in [0, 0.05) is 13.8 Å². The van der Waals surface area contributed by atoms with E-state index in [2.05, 4.69) is 0 Å². The Hall–Kier alpha value is -3.54. The molecule has 0 amide bonds. The first-order valence-electron chi connectivity index (χ1n) is 11.9. The predicted octanol–water partition coefficient (Wildman–Crippen LogP) is 2.55. The highest BCUT2D eigenvalue weighted by Gasteiger charge is 2.44. The van der Waals surface area contributed by atoms with Crippen molar-refractivity contribution in [2.75, 3.05) is 13.7 Å². The highest BCUT2D eigenvalue weighted by molar-refractivity contribution is 7.89. The molecule has 1 aliphatic heterocycles. The van der Waals surface area contributed by atoms with E-state index in [-0.39, 0.29) is 17.9 Å². The summed E-state index contributed by atoms with van der Waals surface area (Å²) in [4.78, 5) is 36.1. The molecule has 204 valence electrons. The molecule has 0 saturated carbocycles. The number of carbonyl (C=O) groups excluding carboxylic acids is 3. The SMILES string of the molecule is COC(=O)C(Cc1ccccc1)N([C@@H]1C=C[C@H](OC(C)=O)[C@@H](COC(C)=O)O1)S(=O)(=O)c1ccc(C)cc1. The van der Waals surface area contributed by atoms with Crippen molar-refractivity contribution in [2.45, 2.75) is 56.6 Å². The number of benzene rings is 2. The first kappa shape index (κ1) is 29.0. The first-order chi connectivity index (χ1) is 18.0. The lowest BCUT2D eigenvalue weighted by molar-refractivity contribution is -0.172. The number of nitrogens with zero attached hydrogens (tertiary/aromatic N) is 1. The lowest BCUT2D eigenvalue weighted by Gasteiger charge is -2.39. The number of ether oxygens (including phenoxy) is 4. The Kier molecular flexibility index (Phi) is 9.78. The van der Waals surface area contributed by atoms with Gasteiger partial charge in [-0.25, -0.2) is 8.42 Å². The molecule has 1 aliphatic rings. The summed E-state index contributed by atoms with van der Waals surface area (Å²) in [7, 11) is -3.17. The lowest BCUT2D eigenvalue weighted by Crippen LogP contribution is -2.55. The second kappa shape index (κ2) is 12.8. The molecule has 1 unspecified atom stereocenters. The van der Waals surface area contributed by atoms with Gasteiger partial charge in [-0.3, -0.25) is 14.4 Å². The second-order valence-corrected chi connectivity index (χ2v) is 10.5. The summed E-state index contributed by atoms with van der Waals surface area (Å²) in [5, 5.41) is 0. The Morgan fingerprint density at radius 3 is 2.21 bits per heavy atom. The molecule has 0 saturated heterocycles. The van der Waals surface area contributed by atoms with E-state index in [4.69, 9.17) is 18.9 Å². The molecule has 3 rings (SSSR count). The number of methoxy groups -OCH3 is 1. The number of esters is 3. The van der Waals surface area contributed by atoms with Crippen LogP contribution in [-0.4, -0.2) is 68.8 Å². The van der Waals surface area contributed by atoms with Gasteiger partial charge in [-0.1, -0.05) is 48.0 Å². The molecule has 0 aromatic heterocycles. The van der Waals surface area contributed by atoms with Crippen molar-refractivity contribution >= 4 is 27.9 Å². The van der Waals surface area contributed by atoms with Gasteiger partial charge in [0.1, 0.15) is 31.1 Å². The summed E-state index contributed by atoms with van der Waals surface area (Å²) in [6, 6.07) is 13.8. The van der Waals surface area contributed by atoms with Crippen molar-refractivity contribution in [3.63, 3.8) is 0 Å². The first-order valence-corrected chi connectivity index (χ1v) is 13.3. The van der Waals surface area contributed by atoms with E-state index in [0.717, 1.165) is 9.87 Å². The monoisotopic (exact) mass is 545 g/mol. The normalized spacial score (nSPS) is 20.0. The van der Waals surface area contributed by atoms with Gasteiger partial charge in [0.05, 0.1) is 12.0 Å². The molecule has 1 heterocycles. The van der Waals surface area contributed by atoms with Crippen molar-refractivity contribution in [3.05, 3.63) is 77.9 Å². The van der Waals surface area contributed by atoms with Crippen LogP contribution in [0.25, 0.3) is 0 Å². The molecule has 0 radical (unpaired) electrons. The Morgan fingerprint density at radius 2 is 1.63 bits per heavy atom. The summed E-state index contributed by atoms with van der Waals surface area (Å²) in [6.45, 7) is 3.93. The molecule has 2 aromatic carbocycles. The Morgan fingerprint density at radius 1 is 0.974 bits per heavy atom.